The van der Waals surface area contributed by atoms with Gasteiger partial charge in [-0.25, -0.2) is 0 Å². The fourth-order valence-electron chi connectivity index (χ4n) is 2.72. The van der Waals surface area contributed by atoms with Gasteiger partial charge in [0.1, 0.15) is 6.54 Å². The zero-order valence-electron chi connectivity index (χ0n) is 13.7. The van der Waals surface area contributed by atoms with Gasteiger partial charge in [-0.05, 0) is 37.6 Å². The van der Waals surface area contributed by atoms with Crippen LogP contribution in [0.15, 0.2) is 18.2 Å². The van der Waals surface area contributed by atoms with E-state index in [1.165, 1.54) is 6.07 Å². The number of amides is 2. The second kappa shape index (κ2) is 8.92. The predicted molar refractivity (Wildman–Crippen MR) is 93.4 cm³/mol. The Morgan fingerprint density at radius 2 is 1.92 bits per heavy atom. The van der Waals surface area contributed by atoms with E-state index >= 15 is 0 Å². The molecule has 0 spiro atoms. The van der Waals surface area contributed by atoms with Gasteiger partial charge in [-0.3, -0.25) is 14.5 Å². The number of hydrogen-bond donors (Lipinski definition) is 2. The highest BCUT2D eigenvalue weighted by Crippen LogP contribution is 2.26. The van der Waals surface area contributed by atoms with Crippen molar-refractivity contribution < 1.29 is 22.8 Å². The Bertz CT molecular complexity index is 671. The molecule has 1 unspecified atom stereocenters. The van der Waals surface area contributed by atoms with Crippen molar-refractivity contribution in [2.75, 3.05) is 25.0 Å². The van der Waals surface area contributed by atoms with Gasteiger partial charge in [-0.2, -0.15) is 13.2 Å². The normalized spacial score (nSPS) is 18.4. The second-order valence-corrected chi connectivity index (χ2v) is 6.81. The molecule has 26 heavy (non-hydrogen) atoms. The van der Waals surface area contributed by atoms with Gasteiger partial charge in [0.25, 0.3) is 0 Å². The molecule has 0 radical (unpaired) electrons. The highest BCUT2D eigenvalue weighted by molar-refractivity contribution is 6.42. The molecular weight excluding hydrogens is 394 g/mol. The summed E-state index contributed by atoms with van der Waals surface area (Å²) in [5, 5.41) is 5.17. The van der Waals surface area contributed by atoms with E-state index in [4.69, 9.17) is 23.2 Å². The van der Waals surface area contributed by atoms with E-state index in [0.717, 1.165) is 12.8 Å². The Morgan fingerprint density at radius 3 is 2.58 bits per heavy atom. The topological polar surface area (TPSA) is 61.4 Å². The minimum absolute atomic E-state index is 0.268. The lowest BCUT2D eigenvalue weighted by Gasteiger charge is -2.34. The summed E-state index contributed by atoms with van der Waals surface area (Å²) in [7, 11) is 0. The van der Waals surface area contributed by atoms with Crippen molar-refractivity contribution in [3.8, 4) is 0 Å². The van der Waals surface area contributed by atoms with Crippen molar-refractivity contribution in [1.29, 1.82) is 0 Å². The predicted octanol–water partition coefficient (Wildman–Crippen LogP) is 3.46. The number of carbonyl (C=O) groups excluding carboxylic acids is 2. The van der Waals surface area contributed by atoms with Gasteiger partial charge >= 0.3 is 6.18 Å². The van der Waals surface area contributed by atoms with Gasteiger partial charge in [0.2, 0.25) is 11.8 Å². The number of alkyl halides is 3. The van der Waals surface area contributed by atoms with Crippen LogP contribution in [-0.2, 0) is 9.59 Å². The van der Waals surface area contributed by atoms with Crippen LogP contribution in [0, 0.1) is 0 Å². The summed E-state index contributed by atoms with van der Waals surface area (Å²) in [5.41, 5.74) is 0.455. The van der Waals surface area contributed by atoms with E-state index in [0.29, 0.717) is 23.7 Å². The van der Waals surface area contributed by atoms with Crippen LogP contribution < -0.4 is 10.6 Å². The fourth-order valence-corrected chi connectivity index (χ4v) is 3.01. The van der Waals surface area contributed by atoms with E-state index in [-0.39, 0.29) is 17.5 Å². The SMILES string of the molecule is O=C(CN1CCCCC1C(=O)Nc1ccc(Cl)c(Cl)c1)NCC(F)(F)F. The number of nitrogens with one attached hydrogen (secondary N) is 2. The summed E-state index contributed by atoms with van der Waals surface area (Å²) >= 11 is 11.7. The number of nitrogens with zero attached hydrogens (tertiary/aromatic N) is 1. The summed E-state index contributed by atoms with van der Waals surface area (Å²) in [6.07, 6.45) is -2.40. The molecule has 1 aliphatic heterocycles. The van der Waals surface area contributed by atoms with E-state index in [9.17, 15) is 22.8 Å². The third-order valence-electron chi connectivity index (χ3n) is 3.94. The molecule has 1 heterocycles. The quantitative estimate of drug-likeness (QED) is 0.779. The average Bonchev–Trinajstić information content (AvgIpc) is 2.56. The first-order valence-corrected chi connectivity index (χ1v) is 8.75. The number of likely N-dealkylation sites (tertiary alicyclic amines) is 1. The van der Waals surface area contributed by atoms with Crippen LogP contribution in [0.1, 0.15) is 19.3 Å². The standard InChI is InChI=1S/C16H18Cl2F3N3O2/c17-11-5-4-10(7-12(11)18)23-15(26)13-3-1-2-6-24(13)8-14(25)22-9-16(19,20)21/h4-5,7,13H,1-3,6,8-9H2,(H,22,25)(H,23,26). The first-order valence-electron chi connectivity index (χ1n) is 7.99. The zero-order valence-corrected chi connectivity index (χ0v) is 15.2. The first-order chi connectivity index (χ1) is 12.2. The van der Waals surface area contributed by atoms with Crippen LogP contribution in [0.25, 0.3) is 0 Å². The summed E-state index contributed by atoms with van der Waals surface area (Å²) in [4.78, 5) is 25.9. The fraction of sp³-hybridized carbons (Fsp3) is 0.500. The number of rotatable bonds is 5. The maximum Gasteiger partial charge on any atom is 0.405 e. The molecule has 1 fully saturated rings. The molecule has 1 aromatic rings. The minimum Gasteiger partial charge on any atom is -0.346 e. The number of hydrogen-bond acceptors (Lipinski definition) is 3. The van der Waals surface area contributed by atoms with Crippen LogP contribution in [-0.4, -0.2) is 48.6 Å². The molecule has 144 valence electrons. The largest absolute Gasteiger partial charge is 0.405 e. The molecule has 0 aromatic heterocycles. The average molecular weight is 412 g/mol. The van der Waals surface area contributed by atoms with E-state index in [2.05, 4.69) is 5.32 Å². The van der Waals surface area contributed by atoms with E-state index in [1.54, 1.807) is 17.0 Å². The van der Waals surface area contributed by atoms with Crippen LogP contribution in [0.4, 0.5) is 18.9 Å². The second-order valence-electron chi connectivity index (χ2n) is 5.99. The molecule has 1 saturated heterocycles. The Labute approximate surface area is 158 Å². The van der Waals surface area contributed by atoms with Crippen LogP contribution in [0.2, 0.25) is 10.0 Å². The van der Waals surface area contributed by atoms with Gasteiger partial charge in [0, 0.05) is 5.69 Å². The molecule has 2 rings (SSSR count). The molecule has 1 aliphatic rings. The van der Waals surface area contributed by atoms with Crippen LogP contribution in [0.3, 0.4) is 0 Å². The van der Waals surface area contributed by atoms with Crippen molar-refractivity contribution in [2.24, 2.45) is 0 Å². The smallest absolute Gasteiger partial charge is 0.346 e. The maximum atomic E-state index is 12.5. The highest BCUT2D eigenvalue weighted by Gasteiger charge is 2.32. The first kappa shape index (κ1) is 20.8. The molecule has 2 N–H and O–H groups in total. The molecule has 5 nitrogen and oxygen atoms in total. The Balaban J connectivity index is 1.97. The van der Waals surface area contributed by atoms with Gasteiger partial charge in [-0.15, -0.1) is 0 Å². The van der Waals surface area contributed by atoms with Crippen molar-refractivity contribution >= 4 is 40.7 Å². The lowest BCUT2D eigenvalue weighted by molar-refractivity contribution is -0.140. The Hall–Kier alpha value is -1.51. The lowest BCUT2D eigenvalue weighted by atomic mass is 10.0. The van der Waals surface area contributed by atoms with Gasteiger partial charge < -0.3 is 10.6 Å². The Kier molecular flexibility index (Phi) is 7.14. The molecule has 0 saturated carbocycles. The van der Waals surface area contributed by atoms with Crippen LogP contribution in [0.5, 0.6) is 0 Å². The Morgan fingerprint density at radius 1 is 1.19 bits per heavy atom. The van der Waals surface area contributed by atoms with Crippen molar-refractivity contribution in [3.63, 3.8) is 0 Å². The summed E-state index contributed by atoms with van der Waals surface area (Å²) in [5.74, 6) is -1.11. The number of halogens is 5. The number of carbonyl (C=O) groups is 2. The summed E-state index contributed by atoms with van der Waals surface area (Å²) in [6.45, 7) is -1.20. The summed E-state index contributed by atoms with van der Waals surface area (Å²) < 4.78 is 36.6. The molecule has 1 atom stereocenters. The van der Waals surface area contributed by atoms with Crippen molar-refractivity contribution in [2.45, 2.75) is 31.5 Å². The molecule has 0 bridgehead atoms. The molecule has 10 heteroatoms. The maximum absolute atomic E-state index is 12.5. The number of anilines is 1. The van der Waals surface area contributed by atoms with Gasteiger partial charge in [0.05, 0.1) is 22.6 Å². The van der Waals surface area contributed by atoms with Gasteiger partial charge in [-0.1, -0.05) is 29.6 Å². The van der Waals surface area contributed by atoms with Crippen molar-refractivity contribution in [3.05, 3.63) is 28.2 Å². The lowest BCUT2D eigenvalue weighted by Crippen LogP contribution is -2.51. The third kappa shape index (κ3) is 6.34. The molecular formula is C16H18Cl2F3N3O2. The van der Waals surface area contributed by atoms with Crippen LogP contribution >= 0.6 is 23.2 Å². The molecule has 2 amide bonds. The van der Waals surface area contributed by atoms with Crippen molar-refractivity contribution in [1.82, 2.24) is 10.2 Å². The summed E-state index contributed by atoms with van der Waals surface area (Å²) in [6, 6.07) is 4.04. The monoisotopic (exact) mass is 411 g/mol. The van der Waals surface area contributed by atoms with E-state index < -0.39 is 24.7 Å². The number of benzene rings is 1. The minimum atomic E-state index is -4.47. The molecule has 0 aliphatic carbocycles. The highest BCUT2D eigenvalue weighted by atomic mass is 35.5. The molecule has 1 aromatic carbocycles. The van der Waals surface area contributed by atoms with Gasteiger partial charge in [0.15, 0.2) is 0 Å². The van der Waals surface area contributed by atoms with E-state index in [1.807, 2.05) is 5.32 Å². The number of piperidine rings is 1. The zero-order chi connectivity index (χ0) is 19.3. The third-order valence-corrected chi connectivity index (χ3v) is 4.68.